The lowest BCUT2D eigenvalue weighted by Gasteiger charge is -2.23. The van der Waals surface area contributed by atoms with E-state index in [2.05, 4.69) is 58.9 Å². The van der Waals surface area contributed by atoms with Crippen LogP contribution in [-0.4, -0.2) is 28.0 Å². The second-order valence-electron chi connectivity index (χ2n) is 6.49. The van der Waals surface area contributed by atoms with Gasteiger partial charge >= 0.3 is 0 Å². The number of halogens is 1. The Labute approximate surface area is 147 Å². The lowest BCUT2D eigenvalue weighted by atomic mass is 10.1. The zero-order valence-corrected chi connectivity index (χ0v) is 14.7. The minimum Gasteiger partial charge on any atom is -0.320 e. The molecule has 0 atom stereocenters. The summed E-state index contributed by atoms with van der Waals surface area (Å²) in [6.45, 7) is 4.21. The van der Waals surface area contributed by atoms with Crippen molar-refractivity contribution in [2.45, 2.75) is 19.9 Å². The molecule has 0 aliphatic carbocycles. The van der Waals surface area contributed by atoms with Crippen molar-refractivity contribution in [1.82, 2.24) is 14.5 Å². The van der Waals surface area contributed by atoms with Crippen LogP contribution >= 0.6 is 11.6 Å². The third-order valence-corrected chi connectivity index (χ3v) is 5.03. The summed E-state index contributed by atoms with van der Waals surface area (Å²) in [4.78, 5) is 6.48. The SMILES string of the molecule is C/C(=C/n1c2c(c3cc(Cl)ccc31)CN(C)CC2)c1ccncc1. The standard InChI is InChI=1S/C20H20ClN3/c1-14(15-5-8-22-9-6-15)12-24-19-4-3-16(21)11-17(19)18-13-23(2)10-7-20(18)24/h3-6,8-9,11-12H,7,10,13H2,1-2H3/b14-12-. The van der Waals surface area contributed by atoms with Gasteiger partial charge in [-0.3, -0.25) is 4.98 Å². The van der Waals surface area contributed by atoms with E-state index in [1.165, 1.54) is 33.3 Å². The van der Waals surface area contributed by atoms with E-state index in [4.69, 9.17) is 11.6 Å². The maximum absolute atomic E-state index is 6.26. The molecule has 0 spiro atoms. The van der Waals surface area contributed by atoms with E-state index in [0.717, 1.165) is 24.5 Å². The van der Waals surface area contributed by atoms with Crippen molar-refractivity contribution in [2.75, 3.05) is 13.6 Å². The van der Waals surface area contributed by atoms with Crippen molar-refractivity contribution in [3.05, 3.63) is 64.6 Å². The summed E-state index contributed by atoms with van der Waals surface area (Å²) >= 11 is 6.26. The van der Waals surface area contributed by atoms with Gasteiger partial charge in [-0.15, -0.1) is 0 Å². The van der Waals surface area contributed by atoms with Crippen LogP contribution in [0.25, 0.3) is 22.7 Å². The molecule has 1 aliphatic rings. The number of hydrogen-bond donors (Lipinski definition) is 0. The molecule has 122 valence electrons. The fourth-order valence-corrected chi connectivity index (χ4v) is 3.70. The van der Waals surface area contributed by atoms with Crippen molar-refractivity contribution >= 4 is 34.3 Å². The predicted molar refractivity (Wildman–Crippen MR) is 101 cm³/mol. The van der Waals surface area contributed by atoms with Gasteiger partial charge in [-0.2, -0.15) is 0 Å². The molecule has 4 rings (SSSR count). The van der Waals surface area contributed by atoms with Gasteiger partial charge in [-0.05, 0) is 61.0 Å². The molecule has 0 amide bonds. The van der Waals surface area contributed by atoms with Gasteiger partial charge < -0.3 is 9.47 Å². The molecular formula is C20H20ClN3. The predicted octanol–water partition coefficient (Wildman–Crippen LogP) is 4.70. The summed E-state index contributed by atoms with van der Waals surface area (Å²) in [5.41, 5.74) is 6.46. The molecular weight excluding hydrogens is 318 g/mol. The van der Waals surface area contributed by atoms with E-state index >= 15 is 0 Å². The first kappa shape index (κ1) is 15.4. The molecule has 3 nitrogen and oxygen atoms in total. The van der Waals surface area contributed by atoms with Crippen LogP contribution in [0.2, 0.25) is 5.02 Å². The quantitative estimate of drug-likeness (QED) is 0.676. The van der Waals surface area contributed by atoms with Crippen LogP contribution in [0.5, 0.6) is 0 Å². The lowest BCUT2D eigenvalue weighted by molar-refractivity contribution is 0.312. The first-order valence-corrected chi connectivity index (χ1v) is 8.60. The molecule has 3 aromatic rings. The Morgan fingerprint density at radius 3 is 2.79 bits per heavy atom. The minimum atomic E-state index is 0.797. The molecule has 0 bridgehead atoms. The number of aromatic nitrogens is 2. The molecule has 0 radical (unpaired) electrons. The van der Waals surface area contributed by atoms with Gasteiger partial charge in [-0.1, -0.05) is 11.6 Å². The van der Waals surface area contributed by atoms with Gasteiger partial charge in [0.2, 0.25) is 0 Å². The second-order valence-corrected chi connectivity index (χ2v) is 6.93. The topological polar surface area (TPSA) is 21.1 Å². The molecule has 3 heterocycles. The Bertz CT molecular complexity index is 925. The first-order valence-electron chi connectivity index (χ1n) is 8.22. The van der Waals surface area contributed by atoms with E-state index in [9.17, 15) is 0 Å². The Balaban J connectivity index is 1.92. The third kappa shape index (κ3) is 2.64. The number of pyridine rings is 1. The van der Waals surface area contributed by atoms with Crippen molar-refractivity contribution in [3.63, 3.8) is 0 Å². The summed E-state index contributed by atoms with van der Waals surface area (Å²) < 4.78 is 2.35. The molecule has 0 unspecified atom stereocenters. The molecule has 4 heteroatoms. The van der Waals surface area contributed by atoms with E-state index in [-0.39, 0.29) is 0 Å². The van der Waals surface area contributed by atoms with E-state index in [1.54, 1.807) is 0 Å². The Morgan fingerprint density at radius 2 is 2.00 bits per heavy atom. The van der Waals surface area contributed by atoms with Crippen LogP contribution in [0.1, 0.15) is 23.7 Å². The van der Waals surface area contributed by atoms with Gasteiger partial charge in [0.15, 0.2) is 0 Å². The zero-order valence-electron chi connectivity index (χ0n) is 14.0. The summed E-state index contributed by atoms with van der Waals surface area (Å²) in [6, 6.07) is 10.3. The van der Waals surface area contributed by atoms with Crippen LogP contribution in [-0.2, 0) is 13.0 Å². The fraction of sp³-hybridized carbons (Fsp3) is 0.250. The number of hydrogen-bond acceptors (Lipinski definition) is 2. The summed E-state index contributed by atoms with van der Waals surface area (Å²) in [5, 5.41) is 2.06. The highest BCUT2D eigenvalue weighted by atomic mass is 35.5. The number of benzene rings is 1. The monoisotopic (exact) mass is 337 g/mol. The lowest BCUT2D eigenvalue weighted by Crippen LogP contribution is -2.26. The van der Waals surface area contributed by atoms with Gasteiger partial charge in [-0.25, -0.2) is 0 Å². The Hall–Kier alpha value is -2.10. The smallest absolute Gasteiger partial charge is 0.0529 e. The van der Waals surface area contributed by atoms with Crippen molar-refractivity contribution in [1.29, 1.82) is 0 Å². The maximum Gasteiger partial charge on any atom is 0.0529 e. The Morgan fingerprint density at radius 1 is 1.21 bits per heavy atom. The number of nitrogens with zero attached hydrogens (tertiary/aromatic N) is 3. The molecule has 0 saturated carbocycles. The van der Waals surface area contributed by atoms with Gasteiger partial charge in [0.05, 0.1) is 5.52 Å². The molecule has 0 saturated heterocycles. The molecule has 0 fully saturated rings. The largest absolute Gasteiger partial charge is 0.320 e. The number of fused-ring (bicyclic) bond motifs is 3. The van der Waals surface area contributed by atoms with Crippen molar-refractivity contribution in [2.24, 2.45) is 0 Å². The zero-order chi connectivity index (χ0) is 16.7. The summed E-state index contributed by atoms with van der Waals surface area (Å²) in [5.74, 6) is 0. The van der Waals surface area contributed by atoms with Crippen molar-refractivity contribution < 1.29 is 0 Å². The van der Waals surface area contributed by atoms with Gasteiger partial charge in [0, 0.05) is 54.2 Å². The van der Waals surface area contributed by atoms with Gasteiger partial charge in [0.1, 0.15) is 0 Å². The fourth-order valence-electron chi connectivity index (χ4n) is 3.53. The van der Waals surface area contributed by atoms with Crippen LogP contribution < -0.4 is 0 Å². The highest BCUT2D eigenvalue weighted by Crippen LogP contribution is 2.33. The van der Waals surface area contributed by atoms with E-state index in [1.807, 2.05) is 18.5 Å². The first-order chi connectivity index (χ1) is 11.6. The third-order valence-electron chi connectivity index (χ3n) is 4.80. The number of likely N-dealkylation sites (N-methyl/N-ethyl adjacent to an activating group) is 1. The highest BCUT2D eigenvalue weighted by molar-refractivity contribution is 6.31. The van der Waals surface area contributed by atoms with Crippen LogP contribution in [0.3, 0.4) is 0 Å². The number of allylic oxidation sites excluding steroid dienone is 1. The van der Waals surface area contributed by atoms with Crippen LogP contribution in [0.15, 0.2) is 42.7 Å². The molecule has 0 N–H and O–H groups in total. The average molecular weight is 338 g/mol. The normalized spacial score (nSPS) is 15.7. The number of rotatable bonds is 2. The highest BCUT2D eigenvalue weighted by Gasteiger charge is 2.21. The molecule has 24 heavy (non-hydrogen) atoms. The van der Waals surface area contributed by atoms with Crippen LogP contribution in [0.4, 0.5) is 0 Å². The summed E-state index contributed by atoms with van der Waals surface area (Å²) in [6.07, 6.45) is 6.98. The van der Waals surface area contributed by atoms with E-state index in [0.29, 0.717) is 0 Å². The van der Waals surface area contributed by atoms with E-state index < -0.39 is 0 Å². The maximum atomic E-state index is 6.26. The van der Waals surface area contributed by atoms with Gasteiger partial charge in [0.25, 0.3) is 0 Å². The second kappa shape index (κ2) is 6.08. The van der Waals surface area contributed by atoms with Crippen LogP contribution in [0, 0.1) is 0 Å². The molecule has 1 aliphatic heterocycles. The minimum absolute atomic E-state index is 0.797. The van der Waals surface area contributed by atoms with Crippen molar-refractivity contribution in [3.8, 4) is 0 Å². The Kier molecular flexibility index (Phi) is 3.91. The summed E-state index contributed by atoms with van der Waals surface area (Å²) in [7, 11) is 2.18. The average Bonchev–Trinajstić information content (AvgIpc) is 2.88. The molecule has 2 aromatic heterocycles. The molecule has 1 aromatic carbocycles.